The van der Waals surface area contributed by atoms with Crippen molar-refractivity contribution >= 4 is 23.2 Å². The lowest BCUT2D eigenvalue weighted by molar-refractivity contribution is -0.121. The number of nitrogens with one attached hydrogen (secondary N) is 1. The van der Waals surface area contributed by atoms with Crippen molar-refractivity contribution in [3.05, 3.63) is 59.4 Å². The summed E-state index contributed by atoms with van der Waals surface area (Å²) < 4.78 is 5.92. The Labute approximate surface area is 146 Å². The van der Waals surface area contributed by atoms with Gasteiger partial charge < -0.3 is 10.1 Å². The average molecular weight is 346 g/mol. The summed E-state index contributed by atoms with van der Waals surface area (Å²) in [6, 6.07) is 11.4. The Kier molecular flexibility index (Phi) is 5.45. The molecule has 1 aromatic carbocycles. The second kappa shape index (κ2) is 7.75. The molecule has 0 saturated carbocycles. The topological polar surface area (TPSA) is 54.5 Å². The van der Waals surface area contributed by atoms with Crippen molar-refractivity contribution in [3.8, 4) is 0 Å². The number of halogens is 1. The minimum Gasteiger partial charge on any atom is -0.371 e. The van der Waals surface area contributed by atoms with Gasteiger partial charge in [0.15, 0.2) is 0 Å². The molecule has 1 fully saturated rings. The zero-order chi connectivity index (χ0) is 16.9. The van der Waals surface area contributed by atoms with Crippen molar-refractivity contribution in [3.63, 3.8) is 0 Å². The van der Waals surface area contributed by atoms with E-state index in [4.69, 9.17) is 16.3 Å². The van der Waals surface area contributed by atoms with Crippen LogP contribution in [0.3, 0.4) is 0 Å². The molecule has 2 heterocycles. The summed E-state index contributed by atoms with van der Waals surface area (Å²) in [5, 5.41) is 3.58. The van der Waals surface area contributed by atoms with Gasteiger partial charge in [0.1, 0.15) is 0 Å². The van der Waals surface area contributed by atoms with Crippen molar-refractivity contribution in [1.29, 1.82) is 0 Å². The molecule has 24 heavy (non-hydrogen) atoms. The van der Waals surface area contributed by atoms with Crippen LogP contribution in [0.15, 0.2) is 48.8 Å². The van der Waals surface area contributed by atoms with E-state index in [9.17, 15) is 4.79 Å². The van der Waals surface area contributed by atoms with Gasteiger partial charge in [-0.25, -0.2) is 0 Å². The van der Waals surface area contributed by atoms with Crippen LogP contribution >= 0.6 is 11.6 Å². The maximum Gasteiger partial charge on any atom is 0.238 e. The second-order valence-corrected chi connectivity index (χ2v) is 6.31. The molecule has 0 unspecified atom stereocenters. The van der Waals surface area contributed by atoms with Gasteiger partial charge in [-0.05, 0) is 25.1 Å². The smallest absolute Gasteiger partial charge is 0.238 e. The summed E-state index contributed by atoms with van der Waals surface area (Å²) in [6.45, 7) is 3.57. The van der Waals surface area contributed by atoms with Crippen molar-refractivity contribution in [2.75, 3.05) is 25.0 Å². The predicted molar refractivity (Wildman–Crippen MR) is 94.0 cm³/mol. The molecule has 1 aliphatic rings. The highest BCUT2D eigenvalue weighted by Crippen LogP contribution is 2.29. The number of rotatable bonds is 4. The molecule has 0 spiro atoms. The number of anilines is 1. The van der Waals surface area contributed by atoms with E-state index < -0.39 is 0 Å². The van der Waals surface area contributed by atoms with Gasteiger partial charge in [-0.3, -0.25) is 14.7 Å². The van der Waals surface area contributed by atoms with E-state index in [0.29, 0.717) is 24.7 Å². The first-order valence-electron chi connectivity index (χ1n) is 7.93. The third-order valence-corrected chi connectivity index (χ3v) is 4.47. The Balaban J connectivity index is 1.64. The van der Waals surface area contributed by atoms with Gasteiger partial charge in [-0.1, -0.05) is 29.8 Å². The fraction of sp³-hybridized carbons (Fsp3) is 0.333. The molecule has 5 nitrogen and oxygen atoms in total. The van der Waals surface area contributed by atoms with E-state index >= 15 is 0 Å². The SMILES string of the molecule is C[C@@H]1CO[C@@H](c2ccccc2Cl)CN1CC(=O)Nc1ccncc1. The fourth-order valence-corrected chi connectivity index (χ4v) is 3.03. The summed E-state index contributed by atoms with van der Waals surface area (Å²) in [5.74, 6) is -0.0483. The predicted octanol–water partition coefficient (Wildman–Crippen LogP) is 3.14. The van der Waals surface area contributed by atoms with Gasteiger partial charge in [-0.2, -0.15) is 0 Å². The monoisotopic (exact) mass is 345 g/mol. The summed E-state index contributed by atoms with van der Waals surface area (Å²) in [5.41, 5.74) is 1.71. The van der Waals surface area contributed by atoms with E-state index in [1.54, 1.807) is 24.5 Å². The lowest BCUT2D eigenvalue weighted by Crippen LogP contribution is -2.48. The normalized spacial score (nSPS) is 21.4. The lowest BCUT2D eigenvalue weighted by atomic mass is 10.1. The van der Waals surface area contributed by atoms with Gasteiger partial charge in [0, 0.05) is 41.3 Å². The zero-order valence-electron chi connectivity index (χ0n) is 13.5. The molecule has 1 N–H and O–H groups in total. The number of ether oxygens (including phenoxy) is 1. The Morgan fingerprint density at radius 1 is 1.33 bits per heavy atom. The van der Waals surface area contributed by atoms with E-state index in [-0.39, 0.29) is 18.1 Å². The summed E-state index contributed by atoms with van der Waals surface area (Å²) in [4.78, 5) is 18.4. The van der Waals surface area contributed by atoms with Crippen LogP contribution in [0.2, 0.25) is 5.02 Å². The molecule has 0 radical (unpaired) electrons. The van der Waals surface area contributed by atoms with Crippen molar-refractivity contribution in [2.24, 2.45) is 0 Å². The van der Waals surface area contributed by atoms with Crippen LogP contribution in [0, 0.1) is 0 Å². The van der Waals surface area contributed by atoms with Crippen molar-refractivity contribution < 1.29 is 9.53 Å². The largest absolute Gasteiger partial charge is 0.371 e. The Bertz CT molecular complexity index is 696. The minimum atomic E-state index is -0.122. The first kappa shape index (κ1) is 16.9. The molecule has 0 aliphatic carbocycles. The van der Waals surface area contributed by atoms with Crippen LogP contribution in [-0.2, 0) is 9.53 Å². The van der Waals surface area contributed by atoms with Crippen molar-refractivity contribution in [2.45, 2.75) is 19.1 Å². The van der Waals surface area contributed by atoms with Gasteiger partial charge in [0.2, 0.25) is 5.91 Å². The molecule has 0 bridgehead atoms. The number of benzene rings is 1. The zero-order valence-corrected chi connectivity index (χ0v) is 14.2. The molecule has 2 atom stereocenters. The number of morpholine rings is 1. The molecule has 2 aromatic rings. The highest BCUT2D eigenvalue weighted by Gasteiger charge is 2.29. The van der Waals surface area contributed by atoms with Crippen LogP contribution in [0.4, 0.5) is 5.69 Å². The minimum absolute atomic E-state index is 0.0483. The van der Waals surface area contributed by atoms with E-state index in [2.05, 4.69) is 22.1 Å². The van der Waals surface area contributed by atoms with Gasteiger partial charge in [-0.15, -0.1) is 0 Å². The third kappa shape index (κ3) is 4.12. The molecule has 6 heteroatoms. The first-order valence-corrected chi connectivity index (χ1v) is 8.31. The number of pyridine rings is 1. The highest BCUT2D eigenvalue weighted by atomic mass is 35.5. The second-order valence-electron chi connectivity index (χ2n) is 5.91. The average Bonchev–Trinajstić information content (AvgIpc) is 2.58. The van der Waals surface area contributed by atoms with Crippen LogP contribution in [0.5, 0.6) is 0 Å². The molecular weight excluding hydrogens is 326 g/mol. The van der Waals surface area contributed by atoms with Gasteiger partial charge in [0.25, 0.3) is 0 Å². The van der Waals surface area contributed by atoms with E-state index in [1.807, 2.05) is 24.3 Å². The van der Waals surface area contributed by atoms with Crippen LogP contribution in [0.25, 0.3) is 0 Å². The summed E-state index contributed by atoms with van der Waals surface area (Å²) in [6.07, 6.45) is 3.18. The van der Waals surface area contributed by atoms with Gasteiger partial charge >= 0.3 is 0 Å². The molecule has 1 amide bonds. The van der Waals surface area contributed by atoms with E-state index in [1.165, 1.54) is 0 Å². The number of aromatic nitrogens is 1. The maximum atomic E-state index is 12.3. The Hall–Kier alpha value is -1.95. The number of hydrogen-bond donors (Lipinski definition) is 1. The quantitative estimate of drug-likeness (QED) is 0.925. The maximum absolute atomic E-state index is 12.3. The number of nitrogens with zero attached hydrogens (tertiary/aromatic N) is 2. The first-order chi connectivity index (χ1) is 11.6. The molecule has 1 aliphatic heterocycles. The molecule has 1 aromatic heterocycles. The fourth-order valence-electron chi connectivity index (χ4n) is 2.77. The van der Waals surface area contributed by atoms with Crippen LogP contribution in [0.1, 0.15) is 18.6 Å². The molecule has 1 saturated heterocycles. The van der Waals surface area contributed by atoms with Crippen LogP contribution < -0.4 is 5.32 Å². The van der Waals surface area contributed by atoms with E-state index in [0.717, 1.165) is 11.3 Å². The summed E-state index contributed by atoms with van der Waals surface area (Å²) >= 11 is 6.27. The number of carbonyl (C=O) groups excluding carboxylic acids is 1. The number of carbonyl (C=O) groups is 1. The highest BCUT2D eigenvalue weighted by molar-refractivity contribution is 6.31. The third-order valence-electron chi connectivity index (χ3n) is 4.13. The lowest BCUT2D eigenvalue weighted by Gasteiger charge is -2.38. The molecular formula is C18H20ClN3O2. The van der Waals surface area contributed by atoms with Crippen molar-refractivity contribution in [1.82, 2.24) is 9.88 Å². The van der Waals surface area contributed by atoms with Crippen LogP contribution in [-0.4, -0.2) is 41.5 Å². The Morgan fingerprint density at radius 3 is 2.83 bits per heavy atom. The molecule has 126 valence electrons. The van der Waals surface area contributed by atoms with Gasteiger partial charge in [0.05, 0.1) is 19.3 Å². The Morgan fingerprint density at radius 2 is 2.08 bits per heavy atom. The number of amides is 1. The standard InChI is InChI=1S/C18H20ClN3O2/c1-13-12-24-17(15-4-2-3-5-16(15)19)10-22(13)11-18(23)21-14-6-8-20-9-7-14/h2-9,13,17H,10-12H2,1H3,(H,20,21,23)/t13-,17-/m1/s1. The summed E-state index contributed by atoms with van der Waals surface area (Å²) in [7, 11) is 0. The number of hydrogen-bond acceptors (Lipinski definition) is 4. The molecule has 3 rings (SSSR count).